The van der Waals surface area contributed by atoms with E-state index in [0.29, 0.717) is 0 Å². The minimum Gasteiger partial charge on any atom is -0.394 e. The van der Waals surface area contributed by atoms with Crippen molar-refractivity contribution in [2.24, 2.45) is 0 Å². The van der Waals surface area contributed by atoms with E-state index in [4.69, 9.17) is 19.7 Å². The molecule has 6 N–H and O–H groups in total. The summed E-state index contributed by atoms with van der Waals surface area (Å²) >= 11 is 4.45. The number of aliphatic hydroxyl groups excluding tert-OH is 1. The van der Waals surface area contributed by atoms with Gasteiger partial charge >= 0.3 is 6.72 Å². The highest BCUT2D eigenvalue weighted by Crippen LogP contribution is 2.49. The van der Waals surface area contributed by atoms with Crippen molar-refractivity contribution >= 4 is 35.5 Å². The summed E-state index contributed by atoms with van der Waals surface area (Å²) in [5.74, 6) is -2.11. The molecule has 138 valence electrons. The predicted molar refractivity (Wildman–Crippen MR) is 86.3 cm³/mol. The van der Waals surface area contributed by atoms with Crippen LogP contribution in [0.15, 0.2) is 12.7 Å². The van der Waals surface area contributed by atoms with Crippen molar-refractivity contribution in [3.05, 3.63) is 12.7 Å². The molecule has 14 heteroatoms. The third-order valence-corrected chi connectivity index (χ3v) is 4.56. The molecule has 2 aromatic heterocycles. The van der Waals surface area contributed by atoms with E-state index in [1.54, 1.807) is 0 Å². The molecule has 3 rings (SSSR count). The van der Waals surface area contributed by atoms with Gasteiger partial charge in [-0.1, -0.05) is 0 Å². The summed E-state index contributed by atoms with van der Waals surface area (Å²) in [7, 11) is 1.16. The van der Waals surface area contributed by atoms with Crippen LogP contribution in [0, 0.1) is 0 Å². The highest BCUT2D eigenvalue weighted by Gasteiger charge is 2.60. The molecule has 0 aliphatic carbocycles. The molecule has 0 amide bonds. The zero-order valence-corrected chi connectivity index (χ0v) is 14.5. The van der Waals surface area contributed by atoms with Gasteiger partial charge in [0.1, 0.15) is 17.9 Å². The van der Waals surface area contributed by atoms with Crippen LogP contribution in [0.4, 0.5) is 5.82 Å². The van der Waals surface area contributed by atoms with Gasteiger partial charge in [-0.25, -0.2) is 15.0 Å². The molecule has 1 aliphatic heterocycles. The van der Waals surface area contributed by atoms with Crippen LogP contribution in [-0.4, -0.2) is 71.2 Å². The summed E-state index contributed by atoms with van der Waals surface area (Å²) in [5.41, 5.74) is 6.23. The number of methoxy groups -OCH3 is 1. The summed E-state index contributed by atoms with van der Waals surface area (Å²) < 4.78 is 17.0. The minimum absolute atomic E-state index is 0.121. The van der Waals surface area contributed by atoms with Crippen molar-refractivity contribution in [3.8, 4) is 0 Å². The average molecular weight is 393 g/mol. The fraction of sp³-hybridized carbons (Fsp3) is 0.545. The van der Waals surface area contributed by atoms with Crippen molar-refractivity contribution in [1.82, 2.24) is 19.5 Å². The Labute approximate surface area is 146 Å². The Morgan fingerprint density at radius 3 is 2.76 bits per heavy atom. The van der Waals surface area contributed by atoms with Crippen LogP contribution in [0.25, 0.3) is 11.2 Å². The second-order valence-corrected chi connectivity index (χ2v) is 7.88. The molecule has 12 nitrogen and oxygen atoms in total. The molecule has 0 bridgehead atoms. The lowest BCUT2D eigenvalue weighted by Crippen LogP contribution is -2.49. The SMILES string of the molecule is CO[C@@]1(O)[C@H](OP(O)(O)=S)[C@@H](CO)O[C@H]1n1cnc2c(N)ncnc21. The number of aliphatic hydroxyl groups is 2. The lowest BCUT2D eigenvalue weighted by Gasteiger charge is -2.32. The molecule has 0 saturated carbocycles. The first-order chi connectivity index (χ1) is 11.7. The van der Waals surface area contributed by atoms with Gasteiger partial charge in [0.2, 0.25) is 5.79 Å². The zero-order chi connectivity index (χ0) is 18.4. The van der Waals surface area contributed by atoms with Crippen molar-refractivity contribution in [1.29, 1.82) is 0 Å². The smallest absolute Gasteiger partial charge is 0.322 e. The van der Waals surface area contributed by atoms with Gasteiger partial charge < -0.3 is 35.2 Å². The molecule has 0 aromatic carbocycles. The highest BCUT2D eigenvalue weighted by molar-refractivity contribution is 8.06. The maximum absolute atomic E-state index is 10.9. The maximum atomic E-state index is 10.9. The number of hydrogen-bond acceptors (Lipinski definition) is 10. The number of hydrogen-bond donors (Lipinski definition) is 5. The molecular formula is C11H16N5O7PS. The van der Waals surface area contributed by atoms with Crippen molar-refractivity contribution in [2.75, 3.05) is 19.5 Å². The van der Waals surface area contributed by atoms with Crippen LogP contribution in [0.3, 0.4) is 0 Å². The summed E-state index contributed by atoms with van der Waals surface area (Å²) in [4.78, 5) is 30.8. The third-order valence-electron chi connectivity index (χ3n) is 3.80. The van der Waals surface area contributed by atoms with Crippen LogP contribution in [-0.2, 0) is 25.8 Å². The largest absolute Gasteiger partial charge is 0.394 e. The van der Waals surface area contributed by atoms with Crippen molar-refractivity contribution in [2.45, 2.75) is 24.2 Å². The quantitative estimate of drug-likeness (QED) is 0.285. The lowest BCUT2D eigenvalue weighted by molar-refractivity contribution is -0.260. The molecule has 2 aromatic rings. The lowest BCUT2D eigenvalue weighted by atomic mass is 10.1. The normalized spacial score (nSPS) is 30.2. The van der Waals surface area contributed by atoms with Crippen molar-refractivity contribution in [3.63, 3.8) is 0 Å². The molecule has 0 spiro atoms. The van der Waals surface area contributed by atoms with E-state index >= 15 is 0 Å². The summed E-state index contributed by atoms with van der Waals surface area (Å²) in [6, 6.07) is 0. The van der Waals surface area contributed by atoms with Crippen LogP contribution < -0.4 is 5.73 Å². The van der Waals surface area contributed by atoms with Gasteiger partial charge in [-0.3, -0.25) is 9.09 Å². The number of fused-ring (bicyclic) bond motifs is 1. The van der Waals surface area contributed by atoms with Crippen LogP contribution in [0.1, 0.15) is 6.23 Å². The summed E-state index contributed by atoms with van der Waals surface area (Å²) in [5, 5.41) is 20.4. The molecule has 25 heavy (non-hydrogen) atoms. The van der Waals surface area contributed by atoms with Crippen LogP contribution in [0.5, 0.6) is 0 Å². The summed E-state index contributed by atoms with van der Waals surface area (Å²) in [6.07, 6.45) is -1.44. The van der Waals surface area contributed by atoms with Crippen molar-refractivity contribution < 1.29 is 34.0 Å². The fourth-order valence-corrected chi connectivity index (χ4v) is 3.56. The molecule has 1 aliphatic rings. The minimum atomic E-state index is -4.19. The number of rotatable bonds is 5. The van der Waals surface area contributed by atoms with E-state index < -0.39 is 37.5 Å². The number of imidazole rings is 1. The fourth-order valence-electron chi connectivity index (χ4n) is 2.69. The Balaban J connectivity index is 2.08. The topological polar surface area (TPSA) is 178 Å². The van der Waals surface area contributed by atoms with Gasteiger partial charge in [0.15, 0.2) is 23.8 Å². The number of nitrogens with zero attached hydrogens (tertiary/aromatic N) is 4. The standard InChI is InChI=1S/C11H16N5O7PS/c1-21-11(18)7(23-24(19,20)25)5(2-17)22-10(11)16-4-15-6-8(12)13-3-14-9(6)16/h3-5,7,10,17-18H,2H2,1H3,(H2,12,13,14)(H2,19,20,25)/t5-,7-,10-,11+/m1/s1. The van der Waals surface area contributed by atoms with Gasteiger partial charge in [-0.2, -0.15) is 0 Å². The van der Waals surface area contributed by atoms with Gasteiger partial charge in [-0.05, 0) is 11.8 Å². The second-order valence-electron chi connectivity index (χ2n) is 5.26. The number of anilines is 1. The highest BCUT2D eigenvalue weighted by atomic mass is 32.5. The Morgan fingerprint density at radius 1 is 1.44 bits per heavy atom. The maximum Gasteiger partial charge on any atom is 0.322 e. The second kappa shape index (κ2) is 6.46. The molecule has 4 atom stereocenters. The zero-order valence-electron chi connectivity index (χ0n) is 12.8. The number of ether oxygens (including phenoxy) is 2. The molecule has 1 fully saturated rings. The van der Waals surface area contributed by atoms with E-state index in [-0.39, 0.29) is 17.0 Å². The van der Waals surface area contributed by atoms with Crippen LogP contribution in [0.2, 0.25) is 0 Å². The predicted octanol–water partition coefficient (Wildman–Crippen LogP) is -1.77. The Morgan fingerprint density at radius 2 is 2.16 bits per heavy atom. The Kier molecular flexibility index (Phi) is 4.79. The number of nitrogen functional groups attached to an aromatic ring is 1. The van der Waals surface area contributed by atoms with E-state index in [1.807, 2.05) is 0 Å². The first-order valence-electron chi connectivity index (χ1n) is 6.92. The van der Waals surface area contributed by atoms with E-state index in [1.165, 1.54) is 17.2 Å². The van der Waals surface area contributed by atoms with E-state index in [9.17, 15) is 20.0 Å². The van der Waals surface area contributed by atoms with E-state index in [2.05, 4.69) is 26.8 Å². The molecule has 1 saturated heterocycles. The number of nitrogens with two attached hydrogens (primary N) is 1. The monoisotopic (exact) mass is 393 g/mol. The van der Waals surface area contributed by atoms with Crippen LogP contribution >= 0.6 is 6.72 Å². The molecular weight excluding hydrogens is 377 g/mol. The third kappa shape index (κ3) is 3.14. The van der Waals surface area contributed by atoms with Gasteiger partial charge in [0, 0.05) is 7.11 Å². The Hall–Kier alpha value is -1.28. The Bertz CT molecular complexity index is 830. The molecule has 0 radical (unpaired) electrons. The van der Waals surface area contributed by atoms with Gasteiger partial charge in [0.25, 0.3) is 0 Å². The number of aromatic nitrogens is 4. The van der Waals surface area contributed by atoms with Gasteiger partial charge in [0.05, 0.1) is 12.9 Å². The van der Waals surface area contributed by atoms with E-state index in [0.717, 1.165) is 7.11 Å². The molecule has 0 unspecified atom stereocenters. The van der Waals surface area contributed by atoms with Gasteiger partial charge in [-0.15, -0.1) is 0 Å². The molecule has 3 heterocycles. The average Bonchev–Trinajstić information content (AvgIpc) is 3.08. The first kappa shape index (κ1) is 18.5. The summed E-state index contributed by atoms with van der Waals surface area (Å²) in [6.45, 7) is -4.79. The first-order valence-corrected chi connectivity index (χ1v) is 9.54.